The van der Waals surface area contributed by atoms with E-state index < -0.39 is 0 Å². The van der Waals surface area contributed by atoms with Crippen molar-refractivity contribution in [2.24, 2.45) is 5.73 Å². The van der Waals surface area contributed by atoms with E-state index in [0.717, 1.165) is 5.56 Å². The summed E-state index contributed by atoms with van der Waals surface area (Å²) in [5.41, 5.74) is 6.78. The molecule has 2 rings (SSSR count). The van der Waals surface area contributed by atoms with Crippen molar-refractivity contribution in [3.8, 4) is 5.75 Å². The van der Waals surface area contributed by atoms with Crippen LogP contribution in [0.4, 0.5) is 0 Å². The highest BCUT2D eigenvalue weighted by Gasteiger charge is 2.12. The molecule has 1 aromatic heterocycles. The smallest absolute Gasteiger partial charge is 0.141 e. The summed E-state index contributed by atoms with van der Waals surface area (Å²) in [5.74, 6) is 0.661. The first-order valence-corrected chi connectivity index (χ1v) is 7.14. The van der Waals surface area contributed by atoms with Crippen molar-refractivity contribution in [3.63, 3.8) is 0 Å². The van der Waals surface area contributed by atoms with Crippen LogP contribution in [-0.2, 0) is 13.0 Å². The van der Waals surface area contributed by atoms with Gasteiger partial charge in [0.1, 0.15) is 12.4 Å². The molecule has 0 aliphatic heterocycles. The Hall–Kier alpha value is -1.23. The third-order valence-electron chi connectivity index (χ3n) is 2.78. The Morgan fingerprint density at radius 1 is 1.40 bits per heavy atom. The summed E-state index contributed by atoms with van der Waals surface area (Å²) in [6.07, 6.45) is 6.03. The van der Waals surface area contributed by atoms with E-state index in [1.807, 2.05) is 23.8 Å². The quantitative estimate of drug-likeness (QED) is 0.891. The fraction of sp³-hybridized carbons (Fsp3) is 0.357. The molecule has 0 aliphatic rings. The Labute approximate surface area is 128 Å². The summed E-state index contributed by atoms with van der Waals surface area (Å²) in [4.78, 5) is 3.98. The van der Waals surface area contributed by atoms with E-state index in [1.54, 1.807) is 18.6 Å². The number of benzene rings is 1. The van der Waals surface area contributed by atoms with E-state index >= 15 is 0 Å². The Morgan fingerprint density at radius 2 is 2.20 bits per heavy atom. The number of nitrogens with zero attached hydrogens (tertiary/aromatic N) is 2. The van der Waals surface area contributed by atoms with Crippen molar-refractivity contribution < 1.29 is 4.74 Å². The molecule has 0 fully saturated rings. The molecule has 1 aromatic carbocycles. The van der Waals surface area contributed by atoms with Gasteiger partial charge in [0.15, 0.2) is 0 Å². The predicted molar refractivity (Wildman–Crippen MR) is 81.5 cm³/mol. The molecule has 1 heterocycles. The van der Waals surface area contributed by atoms with Crippen LogP contribution in [0.1, 0.15) is 12.5 Å². The third kappa shape index (κ3) is 4.13. The van der Waals surface area contributed by atoms with Crippen LogP contribution in [0.25, 0.3) is 0 Å². The first-order valence-electron chi connectivity index (χ1n) is 6.38. The first-order chi connectivity index (χ1) is 9.56. The van der Waals surface area contributed by atoms with E-state index in [1.165, 1.54) is 0 Å². The van der Waals surface area contributed by atoms with Crippen molar-refractivity contribution in [3.05, 3.63) is 46.5 Å². The molecule has 0 spiro atoms. The Bertz CT molecular complexity index is 556. The van der Waals surface area contributed by atoms with Crippen LogP contribution in [0, 0.1) is 0 Å². The number of imidazole rings is 1. The van der Waals surface area contributed by atoms with E-state index in [0.29, 0.717) is 35.4 Å². The molecule has 2 N–H and O–H groups in total. The van der Waals surface area contributed by atoms with Gasteiger partial charge in [0.05, 0.1) is 17.9 Å². The summed E-state index contributed by atoms with van der Waals surface area (Å²) in [6.45, 7) is 3.14. The lowest BCUT2D eigenvalue weighted by molar-refractivity contribution is 0.295. The van der Waals surface area contributed by atoms with Crippen LogP contribution in [0.2, 0.25) is 10.0 Å². The lowest BCUT2D eigenvalue weighted by Crippen LogP contribution is -2.19. The standard InChI is InChI=1S/C14H17Cl2N3O/c1-10(17)6-11-7-12(15)8-13(16)14(11)20-5-4-19-3-2-18-9-19/h2-3,7-10H,4-6,17H2,1H3. The van der Waals surface area contributed by atoms with Gasteiger partial charge in [-0.15, -0.1) is 0 Å². The minimum atomic E-state index is 0.0144. The maximum absolute atomic E-state index is 6.21. The Kier molecular flexibility index (Phi) is 5.29. The molecule has 0 amide bonds. The van der Waals surface area contributed by atoms with Gasteiger partial charge < -0.3 is 15.0 Å². The minimum Gasteiger partial charge on any atom is -0.490 e. The number of aromatic nitrogens is 2. The van der Waals surface area contributed by atoms with E-state index in [9.17, 15) is 0 Å². The van der Waals surface area contributed by atoms with Crippen LogP contribution in [0.5, 0.6) is 5.75 Å². The number of ether oxygens (including phenoxy) is 1. The SMILES string of the molecule is CC(N)Cc1cc(Cl)cc(Cl)c1OCCn1ccnc1. The second-order valence-electron chi connectivity index (χ2n) is 4.71. The van der Waals surface area contributed by atoms with Crippen molar-refractivity contribution >= 4 is 23.2 Å². The Morgan fingerprint density at radius 3 is 2.85 bits per heavy atom. The highest BCUT2D eigenvalue weighted by atomic mass is 35.5. The lowest BCUT2D eigenvalue weighted by Gasteiger charge is -2.15. The average molecular weight is 314 g/mol. The van der Waals surface area contributed by atoms with Crippen molar-refractivity contribution in [1.29, 1.82) is 0 Å². The molecule has 1 atom stereocenters. The number of nitrogens with two attached hydrogens (primary N) is 1. The van der Waals surface area contributed by atoms with Gasteiger partial charge in [0.25, 0.3) is 0 Å². The van der Waals surface area contributed by atoms with Crippen molar-refractivity contribution in [2.75, 3.05) is 6.61 Å². The highest BCUT2D eigenvalue weighted by Crippen LogP contribution is 2.33. The van der Waals surface area contributed by atoms with Crippen LogP contribution in [0.15, 0.2) is 30.9 Å². The van der Waals surface area contributed by atoms with Gasteiger partial charge in [0.2, 0.25) is 0 Å². The number of hydrogen-bond donors (Lipinski definition) is 1. The number of halogens is 2. The molecule has 2 aromatic rings. The molecule has 108 valence electrons. The molecule has 0 radical (unpaired) electrons. The maximum Gasteiger partial charge on any atom is 0.141 e. The lowest BCUT2D eigenvalue weighted by atomic mass is 10.1. The normalized spacial score (nSPS) is 12.4. The molecule has 0 saturated carbocycles. The molecule has 20 heavy (non-hydrogen) atoms. The Balaban J connectivity index is 2.08. The van der Waals surface area contributed by atoms with Gasteiger partial charge in [-0.3, -0.25) is 0 Å². The van der Waals surface area contributed by atoms with Crippen LogP contribution < -0.4 is 10.5 Å². The largest absolute Gasteiger partial charge is 0.490 e. The van der Waals surface area contributed by atoms with Gasteiger partial charge in [-0.2, -0.15) is 0 Å². The molecule has 6 heteroatoms. The molecule has 1 unspecified atom stereocenters. The highest BCUT2D eigenvalue weighted by molar-refractivity contribution is 6.35. The second kappa shape index (κ2) is 6.97. The van der Waals surface area contributed by atoms with Crippen LogP contribution in [-0.4, -0.2) is 22.2 Å². The number of rotatable bonds is 6. The van der Waals surface area contributed by atoms with Crippen molar-refractivity contribution in [1.82, 2.24) is 9.55 Å². The average Bonchev–Trinajstić information content (AvgIpc) is 2.84. The van der Waals surface area contributed by atoms with Gasteiger partial charge >= 0.3 is 0 Å². The maximum atomic E-state index is 6.21. The molecular weight excluding hydrogens is 297 g/mol. The van der Waals surface area contributed by atoms with Crippen LogP contribution >= 0.6 is 23.2 Å². The minimum absolute atomic E-state index is 0.0144. The third-order valence-corrected chi connectivity index (χ3v) is 3.28. The van der Waals surface area contributed by atoms with Crippen molar-refractivity contribution in [2.45, 2.75) is 25.9 Å². The van der Waals surface area contributed by atoms with E-state index in [4.69, 9.17) is 33.7 Å². The van der Waals surface area contributed by atoms with Gasteiger partial charge in [-0.1, -0.05) is 23.2 Å². The fourth-order valence-corrected chi connectivity index (χ4v) is 2.54. The van der Waals surface area contributed by atoms with Gasteiger partial charge in [-0.25, -0.2) is 4.98 Å². The molecular formula is C14H17Cl2N3O. The van der Waals surface area contributed by atoms with E-state index in [-0.39, 0.29) is 6.04 Å². The predicted octanol–water partition coefficient (Wildman–Crippen LogP) is 3.16. The summed E-state index contributed by atoms with van der Waals surface area (Å²) >= 11 is 12.2. The summed E-state index contributed by atoms with van der Waals surface area (Å²) in [5, 5.41) is 1.10. The molecule has 0 saturated heterocycles. The summed E-state index contributed by atoms with van der Waals surface area (Å²) < 4.78 is 7.74. The molecule has 0 aliphatic carbocycles. The van der Waals surface area contributed by atoms with Gasteiger partial charge in [0, 0.05) is 23.5 Å². The zero-order valence-electron chi connectivity index (χ0n) is 11.2. The van der Waals surface area contributed by atoms with E-state index in [2.05, 4.69) is 4.98 Å². The monoisotopic (exact) mass is 313 g/mol. The second-order valence-corrected chi connectivity index (χ2v) is 5.55. The summed E-state index contributed by atoms with van der Waals surface area (Å²) in [7, 11) is 0. The zero-order valence-corrected chi connectivity index (χ0v) is 12.7. The van der Waals surface area contributed by atoms with Crippen LogP contribution in [0.3, 0.4) is 0 Å². The topological polar surface area (TPSA) is 53.1 Å². The zero-order chi connectivity index (χ0) is 14.5. The summed E-state index contributed by atoms with van der Waals surface area (Å²) in [6, 6.07) is 3.55. The first kappa shape index (κ1) is 15.2. The van der Waals surface area contributed by atoms with Gasteiger partial charge in [-0.05, 0) is 31.0 Å². The fourth-order valence-electron chi connectivity index (χ4n) is 1.95. The molecule has 4 nitrogen and oxygen atoms in total. The molecule has 0 bridgehead atoms. The number of hydrogen-bond acceptors (Lipinski definition) is 3.